The largest absolute Gasteiger partial charge is 0.350 e. The summed E-state index contributed by atoms with van der Waals surface area (Å²) in [5.74, 6) is -0.0311. The molecule has 0 saturated carbocycles. The van der Waals surface area contributed by atoms with Gasteiger partial charge in [-0.2, -0.15) is 5.26 Å². The van der Waals surface area contributed by atoms with E-state index in [2.05, 4.69) is 11.4 Å². The van der Waals surface area contributed by atoms with E-state index in [0.29, 0.717) is 0 Å². The number of nitriles is 1. The van der Waals surface area contributed by atoms with Crippen LogP contribution in [-0.2, 0) is 4.79 Å². The Morgan fingerprint density at radius 2 is 1.88 bits per heavy atom. The minimum atomic E-state index is -0.279. The van der Waals surface area contributed by atoms with Gasteiger partial charge in [0.05, 0.1) is 18.7 Å². The van der Waals surface area contributed by atoms with E-state index in [-0.39, 0.29) is 30.1 Å². The summed E-state index contributed by atoms with van der Waals surface area (Å²) in [6, 6.07) is 2.00. The number of nitrogens with one attached hydrogen (secondary N) is 1. The van der Waals surface area contributed by atoms with Crippen molar-refractivity contribution < 1.29 is 4.79 Å². The molecule has 0 bridgehead atoms. The Balaban J connectivity index is 4.57. The Bertz CT molecular complexity index is 273. The van der Waals surface area contributed by atoms with E-state index in [9.17, 15) is 4.79 Å². The van der Waals surface area contributed by atoms with Crippen molar-refractivity contribution in [2.75, 3.05) is 6.54 Å². The molecule has 0 aromatic carbocycles. The Labute approximate surface area is 98.6 Å². The molecule has 0 saturated heterocycles. The molecule has 0 aliphatic rings. The number of hydrogen-bond acceptors (Lipinski definition) is 3. The maximum atomic E-state index is 11.9. The molecule has 0 fully saturated rings. The van der Waals surface area contributed by atoms with E-state index >= 15 is 0 Å². The average Bonchev–Trinajstić information content (AvgIpc) is 2.09. The molecule has 0 heterocycles. The highest BCUT2D eigenvalue weighted by Gasteiger charge is 2.25. The van der Waals surface area contributed by atoms with E-state index in [1.165, 1.54) is 0 Å². The zero-order valence-electron chi connectivity index (χ0n) is 11.2. The second kappa shape index (κ2) is 5.86. The molecule has 0 spiro atoms. The van der Waals surface area contributed by atoms with Gasteiger partial charge in [0.2, 0.25) is 5.91 Å². The lowest BCUT2D eigenvalue weighted by atomic mass is 10.1. The minimum absolute atomic E-state index is 0.0311. The van der Waals surface area contributed by atoms with Gasteiger partial charge in [-0.05, 0) is 41.5 Å². The molecule has 0 aliphatic carbocycles. The number of nitrogens with zero attached hydrogens (tertiary/aromatic N) is 2. The summed E-state index contributed by atoms with van der Waals surface area (Å²) in [5, 5.41) is 11.6. The summed E-state index contributed by atoms with van der Waals surface area (Å²) in [6.45, 7) is 11.9. The Morgan fingerprint density at radius 1 is 1.38 bits per heavy atom. The lowest BCUT2D eigenvalue weighted by molar-refractivity contribution is -0.127. The van der Waals surface area contributed by atoms with Gasteiger partial charge in [-0.25, -0.2) is 0 Å². The van der Waals surface area contributed by atoms with E-state index < -0.39 is 0 Å². The van der Waals surface area contributed by atoms with Crippen LogP contribution in [0.2, 0.25) is 0 Å². The number of hydrogen-bond donors (Lipinski definition) is 1. The van der Waals surface area contributed by atoms with Gasteiger partial charge in [-0.3, -0.25) is 9.69 Å². The van der Waals surface area contributed by atoms with Crippen molar-refractivity contribution in [3.05, 3.63) is 0 Å². The van der Waals surface area contributed by atoms with Crippen LogP contribution in [0.15, 0.2) is 0 Å². The molecule has 1 unspecified atom stereocenters. The van der Waals surface area contributed by atoms with Crippen molar-refractivity contribution in [3.63, 3.8) is 0 Å². The Hall–Kier alpha value is -1.08. The predicted molar refractivity (Wildman–Crippen MR) is 64.8 cm³/mol. The molecule has 4 nitrogen and oxygen atoms in total. The Morgan fingerprint density at radius 3 is 2.19 bits per heavy atom. The van der Waals surface area contributed by atoms with Crippen molar-refractivity contribution in [1.29, 1.82) is 5.26 Å². The number of carbonyl (C=O) groups excluding carboxylic acids is 1. The zero-order chi connectivity index (χ0) is 12.9. The molecule has 92 valence electrons. The monoisotopic (exact) mass is 225 g/mol. The molecule has 16 heavy (non-hydrogen) atoms. The first-order chi connectivity index (χ1) is 7.19. The minimum Gasteiger partial charge on any atom is -0.350 e. The quantitative estimate of drug-likeness (QED) is 0.738. The zero-order valence-corrected chi connectivity index (χ0v) is 11.2. The molecular weight excluding hydrogens is 202 g/mol. The third kappa shape index (κ3) is 5.13. The highest BCUT2D eigenvalue weighted by atomic mass is 16.2. The van der Waals surface area contributed by atoms with Gasteiger partial charge in [0, 0.05) is 11.6 Å². The molecule has 1 amide bonds. The van der Waals surface area contributed by atoms with Crippen LogP contribution in [0.5, 0.6) is 0 Å². The molecular formula is C12H23N3O. The maximum absolute atomic E-state index is 11.9. The van der Waals surface area contributed by atoms with Crippen molar-refractivity contribution in [1.82, 2.24) is 10.2 Å². The van der Waals surface area contributed by atoms with Gasteiger partial charge < -0.3 is 5.32 Å². The van der Waals surface area contributed by atoms with Gasteiger partial charge >= 0.3 is 0 Å². The second-order valence-corrected chi connectivity index (χ2v) is 5.34. The first-order valence-electron chi connectivity index (χ1n) is 5.63. The molecule has 0 aliphatic heterocycles. The van der Waals surface area contributed by atoms with Crippen LogP contribution in [0.25, 0.3) is 0 Å². The van der Waals surface area contributed by atoms with Crippen LogP contribution < -0.4 is 5.32 Å². The standard InChI is InChI=1S/C12H23N3O/c1-9(2)15(8-7-13)10(3)11(16)14-12(4,5)6/h9-10H,8H2,1-6H3,(H,14,16). The summed E-state index contributed by atoms with van der Waals surface area (Å²) in [7, 11) is 0. The van der Waals surface area contributed by atoms with E-state index in [1.54, 1.807) is 0 Å². The van der Waals surface area contributed by atoms with Crippen molar-refractivity contribution in [2.24, 2.45) is 0 Å². The Kier molecular flexibility index (Phi) is 5.46. The van der Waals surface area contributed by atoms with Gasteiger partial charge in [-0.15, -0.1) is 0 Å². The third-order valence-electron chi connectivity index (χ3n) is 2.29. The molecule has 0 aromatic heterocycles. The summed E-state index contributed by atoms with van der Waals surface area (Å²) in [5.41, 5.74) is -0.235. The molecule has 1 atom stereocenters. The lowest BCUT2D eigenvalue weighted by Gasteiger charge is -2.32. The molecule has 0 aromatic rings. The number of rotatable bonds is 4. The van der Waals surface area contributed by atoms with Crippen LogP contribution in [0.1, 0.15) is 41.5 Å². The first-order valence-corrected chi connectivity index (χ1v) is 5.63. The fraction of sp³-hybridized carbons (Fsp3) is 0.833. The van der Waals surface area contributed by atoms with Gasteiger partial charge in [0.1, 0.15) is 0 Å². The summed E-state index contributed by atoms with van der Waals surface area (Å²) in [4.78, 5) is 13.8. The molecule has 0 radical (unpaired) electrons. The van der Waals surface area contributed by atoms with Crippen molar-refractivity contribution in [3.8, 4) is 6.07 Å². The van der Waals surface area contributed by atoms with Crippen LogP contribution in [0.4, 0.5) is 0 Å². The van der Waals surface area contributed by atoms with Crippen LogP contribution in [0.3, 0.4) is 0 Å². The molecule has 4 heteroatoms. The van der Waals surface area contributed by atoms with Gasteiger partial charge in [0.25, 0.3) is 0 Å². The highest BCUT2D eigenvalue weighted by Crippen LogP contribution is 2.07. The van der Waals surface area contributed by atoms with Crippen LogP contribution in [-0.4, -0.2) is 35.0 Å². The fourth-order valence-corrected chi connectivity index (χ4v) is 1.47. The SMILES string of the molecule is CC(C)N(CC#N)C(C)C(=O)NC(C)(C)C. The summed E-state index contributed by atoms with van der Waals surface area (Å²) < 4.78 is 0. The average molecular weight is 225 g/mol. The smallest absolute Gasteiger partial charge is 0.237 e. The normalized spacial score (nSPS) is 13.7. The third-order valence-corrected chi connectivity index (χ3v) is 2.29. The van der Waals surface area contributed by atoms with E-state index in [4.69, 9.17) is 5.26 Å². The molecule has 1 N–H and O–H groups in total. The summed E-state index contributed by atoms with van der Waals surface area (Å²) >= 11 is 0. The number of carbonyl (C=O) groups is 1. The second-order valence-electron chi connectivity index (χ2n) is 5.34. The molecule has 0 rings (SSSR count). The van der Waals surface area contributed by atoms with Gasteiger partial charge in [0.15, 0.2) is 0 Å². The van der Waals surface area contributed by atoms with Crippen molar-refractivity contribution in [2.45, 2.75) is 59.2 Å². The number of amides is 1. The topological polar surface area (TPSA) is 56.1 Å². The first kappa shape index (κ1) is 14.9. The lowest BCUT2D eigenvalue weighted by Crippen LogP contribution is -2.52. The maximum Gasteiger partial charge on any atom is 0.237 e. The van der Waals surface area contributed by atoms with Crippen molar-refractivity contribution >= 4 is 5.91 Å². The fourth-order valence-electron chi connectivity index (χ4n) is 1.47. The van der Waals surface area contributed by atoms with Crippen LogP contribution >= 0.6 is 0 Å². The predicted octanol–water partition coefficient (Wildman–Crippen LogP) is 1.52. The highest BCUT2D eigenvalue weighted by molar-refractivity contribution is 5.82. The van der Waals surface area contributed by atoms with E-state index in [0.717, 1.165) is 0 Å². The van der Waals surface area contributed by atoms with E-state index in [1.807, 2.05) is 46.4 Å². The van der Waals surface area contributed by atoms with Gasteiger partial charge in [-0.1, -0.05) is 0 Å². The van der Waals surface area contributed by atoms with Crippen LogP contribution in [0, 0.1) is 11.3 Å². The summed E-state index contributed by atoms with van der Waals surface area (Å²) in [6.07, 6.45) is 0.